The van der Waals surface area contributed by atoms with E-state index in [1.165, 1.54) is 13.2 Å². The molecule has 2 N–H and O–H groups in total. The lowest BCUT2D eigenvalue weighted by atomic mass is 9.97. The van der Waals surface area contributed by atoms with Crippen molar-refractivity contribution in [2.75, 3.05) is 12.4 Å². The number of aryl methyl sites for hydroxylation is 1. The number of benzene rings is 2. The molecule has 164 valence electrons. The summed E-state index contributed by atoms with van der Waals surface area (Å²) in [5.41, 5.74) is 2.70. The van der Waals surface area contributed by atoms with Gasteiger partial charge in [-0.25, -0.2) is 13.9 Å². The van der Waals surface area contributed by atoms with Crippen molar-refractivity contribution >= 4 is 17.4 Å². The highest BCUT2D eigenvalue weighted by atomic mass is 19.1. The number of carbonyl (C=O) groups excluding carboxylic acids is 1. The molecule has 2 aromatic carbocycles. The van der Waals surface area contributed by atoms with Crippen LogP contribution in [0, 0.1) is 12.7 Å². The third-order valence-electron chi connectivity index (χ3n) is 5.09. The normalized spacial score (nSPS) is 11.6. The average molecular weight is 434 g/mol. The van der Waals surface area contributed by atoms with Gasteiger partial charge < -0.3 is 15.2 Å². The summed E-state index contributed by atoms with van der Waals surface area (Å²) in [5.74, 6) is -0.384. The number of nitrogens with zero attached hydrogens (tertiary/aromatic N) is 3. The van der Waals surface area contributed by atoms with Crippen molar-refractivity contribution < 1.29 is 19.0 Å². The summed E-state index contributed by atoms with van der Waals surface area (Å²) in [5, 5.41) is 17.4. The Morgan fingerprint density at radius 2 is 1.84 bits per heavy atom. The zero-order valence-electron chi connectivity index (χ0n) is 18.2. The van der Waals surface area contributed by atoms with E-state index in [1.807, 2.05) is 6.92 Å². The number of fused-ring (bicyclic) bond motifs is 1. The lowest BCUT2D eigenvalue weighted by molar-refractivity contribution is 0.0785. The predicted octanol–water partition coefficient (Wildman–Crippen LogP) is 4.33. The topological polar surface area (TPSA) is 88.8 Å². The smallest absolute Gasteiger partial charge is 0.256 e. The average Bonchev–Trinajstić information content (AvgIpc) is 3.13. The third kappa shape index (κ3) is 4.17. The van der Waals surface area contributed by atoms with Crippen LogP contribution in [0.1, 0.15) is 35.5 Å². The number of hydrogen-bond donors (Lipinski definition) is 2. The number of amides is 1. The van der Waals surface area contributed by atoms with Crippen LogP contribution in [0.15, 0.2) is 54.6 Å². The van der Waals surface area contributed by atoms with Gasteiger partial charge in [0.2, 0.25) is 0 Å². The van der Waals surface area contributed by atoms with E-state index in [9.17, 15) is 14.3 Å². The lowest BCUT2D eigenvalue weighted by Crippen LogP contribution is -2.17. The van der Waals surface area contributed by atoms with E-state index in [4.69, 9.17) is 4.74 Å². The number of ether oxygens (including phenoxy) is 1. The monoisotopic (exact) mass is 434 g/mol. The van der Waals surface area contributed by atoms with Gasteiger partial charge in [0.05, 0.1) is 24.1 Å². The summed E-state index contributed by atoms with van der Waals surface area (Å²) in [4.78, 5) is 17.3. The van der Waals surface area contributed by atoms with Crippen LogP contribution < -0.4 is 10.1 Å². The molecule has 0 aliphatic carbocycles. The first-order valence-corrected chi connectivity index (χ1v) is 10.0. The van der Waals surface area contributed by atoms with Gasteiger partial charge in [0.1, 0.15) is 5.82 Å². The van der Waals surface area contributed by atoms with Crippen LogP contribution in [0.3, 0.4) is 0 Å². The highest BCUT2D eigenvalue weighted by molar-refractivity contribution is 6.04. The summed E-state index contributed by atoms with van der Waals surface area (Å²) < 4.78 is 20.6. The molecule has 0 fully saturated rings. The number of aliphatic hydroxyl groups is 1. The quantitative estimate of drug-likeness (QED) is 0.488. The Balaban J connectivity index is 1.72. The van der Waals surface area contributed by atoms with Crippen molar-refractivity contribution in [1.29, 1.82) is 0 Å². The molecule has 7 nitrogen and oxygen atoms in total. The van der Waals surface area contributed by atoms with Crippen molar-refractivity contribution in [3.8, 4) is 17.0 Å². The molecular weight excluding hydrogens is 411 g/mol. The van der Waals surface area contributed by atoms with Crippen LogP contribution in [-0.2, 0) is 5.60 Å². The van der Waals surface area contributed by atoms with Crippen molar-refractivity contribution in [1.82, 2.24) is 14.6 Å². The van der Waals surface area contributed by atoms with Crippen molar-refractivity contribution in [2.45, 2.75) is 26.4 Å². The summed E-state index contributed by atoms with van der Waals surface area (Å²) >= 11 is 0. The largest absolute Gasteiger partial charge is 0.494 e. The van der Waals surface area contributed by atoms with Gasteiger partial charge in [-0.1, -0.05) is 12.1 Å². The van der Waals surface area contributed by atoms with Crippen molar-refractivity contribution in [3.05, 3.63) is 77.2 Å². The minimum Gasteiger partial charge on any atom is -0.494 e. The van der Waals surface area contributed by atoms with Crippen LogP contribution in [0.4, 0.5) is 10.2 Å². The maximum atomic E-state index is 13.9. The Kier molecular flexibility index (Phi) is 5.40. The molecule has 4 aromatic rings. The van der Waals surface area contributed by atoms with Crippen LogP contribution in [0.5, 0.6) is 5.75 Å². The van der Waals surface area contributed by atoms with E-state index in [0.29, 0.717) is 33.8 Å². The van der Waals surface area contributed by atoms with E-state index in [0.717, 1.165) is 5.69 Å². The summed E-state index contributed by atoms with van der Waals surface area (Å²) in [6.07, 6.45) is 0. The number of hydrogen-bond acceptors (Lipinski definition) is 5. The van der Waals surface area contributed by atoms with Gasteiger partial charge in [-0.15, -0.1) is 0 Å². The Hall–Kier alpha value is -3.78. The fourth-order valence-corrected chi connectivity index (χ4v) is 3.40. The van der Waals surface area contributed by atoms with E-state index in [1.54, 1.807) is 66.9 Å². The summed E-state index contributed by atoms with van der Waals surface area (Å²) in [7, 11) is 1.40. The zero-order chi connectivity index (χ0) is 23.0. The minimum absolute atomic E-state index is 0.105. The fraction of sp³-hybridized carbons (Fsp3) is 0.208. The molecule has 0 spiro atoms. The second-order valence-corrected chi connectivity index (χ2v) is 8.02. The molecule has 32 heavy (non-hydrogen) atoms. The molecule has 2 aromatic heterocycles. The predicted molar refractivity (Wildman–Crippen MR) is 119 cm³/mol. The lowest BCUT2D eigenvalue weighted by Gasteiger charge is -2.17. The first kappa shape index (κ1) is 21.5. The highest BCUT2D eigenvalue weighted by Crippen LogP contribution is 2.29. The molecule has 2 heterocycles. The van der Waals surface area contributed by atoms with Gasteiger partial charge in [0, 0.05) is 23.3 Å². The van der Waals surface area contributed by atoms with E-state index in [2.05, 4.69) is 15.4 Å². The van der Waals surface area contributed by atoms with Gasteiger partial charge in [0.15, 0.2) is 17.2 Å². The number of nitrogens with one attached hydrogen (secondary N) is 1. The van der Waals surface area contributed by atoms with Gasteiger partial charge in [-0.2, -0.15) is 5.10 Å². The molecular formula is C24H23FN4O3. The number of anilines is 1. The molecule has 0 unspecified atom stereocenters. The van der Waals surface area contributed by atoms with Crippen LogP contribution in [-0.4, -0.2) is 32.7 Å². The van der Waals surface area contributed by atoms with Crippen molar-refractivity contribution in [2.24, 2.45) is 0 Å². The number of methoxy groups -OCH3 is 1. The Morgan fingerprint density at radius 3 is 2.50 bits per heavy atom. The molecule has 0 bridgehead atoms. The highest BCUT2D eigenvalue weighted by Gasteiger charge is 2.18. The molecule has 0 saturated heterocycles. The number of rotatable bonds is 5. The third-order valence-corrected chi connectivity index (χ3v) is 5.09. The molecule has 0 radical (unpaired) electrons. The molecule has 0 saturated carbocycles. The summed E-state index contributed by atoms with van der Waals surface area (Å²) in [6, 6.07) is 14.7. The van der Waals surface area contributed by atoms with Gasteiger partial charge >= 0.3 is 0 Å². The molecule has 4 rings (SSSR count). The number of halogens is 1. The second kappa shape index (κ2) is 8.05. The maximum Gasteiger partial charge on any atom is 0.256 e. The minimum atomic E-state index is -0.993. The SMILES string of the molecule is COc1cc(-c2cc(NC(=O)c3ccc(C(C)(C)O)cc3)nc3cc(C)nn23)ccc1F. The second-order valence-electron chi connectivity index (χ2n) is 8.02. The number of carbonyl (C=O) groups is 1. The first-order valence-electron chi connectivity index (χ1n) is 10.0. The van der Waals surface area contributed by atoms with E-state index < -0.39 is 11.4 Å². The summed E-state index contributed by atoms with van der Waals surface area (Å²) in [6.45, 7) is 5.20. The molecule has 0 atom stereocenters. The van der Waals surface area contributed by atoms with Gasteiger partial charge in [-0.05, 0) is 56.7 Å². The Bertz CT molecular complexity index is 1310. The Morgan fingerprint density at radius 1 is 1.12 bits per heavy atom. The molecule has 8 heteroatoms. The molecule has 0 aliphatic rings. The number of aromatic nitrogens is 3. The van der Waals surface area contributed by atoms with E-state index in [-0.39, 0.29) is 11.7 Å². The Labute approximate surface area is 184 Å². The molecule has 0 aliphatic heterocycles. The fourth-order valence-electron chi connectivity index (χ4n) is 3.40. The molecule has 1 amide bonds. The van der Waals surface area contributed by atoms with Crippen molar-refractivity contribution in [3.63, 3.8) is 0 Å². The van der Waals surface area contributed by atoms with Gasteiger partial charge in [-0.3, -0.25) is 4.79 Å². The van der Waals surface area contributed by atoms with Gasteiger partial charge in [0.25, 0.3) is 5.91 Å². The van der Waals surface area contributed by atoms with Crippen LogP contribution >= 0.6 is 0 Å². The van der Waals surface area contributed by atoms with Crippen LogP contribution in [0.25, 0.3) is 16.9 Å². The maximum absolute atomic E-state index is 13.9. The zero-order valence-corrected chi connectivity index (χ0v) is 18.2. The van der Waals surface area contributed by atoms with E-state index >= 15 is 0 Å². The van der Waals surface area contributed by atoms with Crippen LogP contribution in [0.2, 0.25) is 0 Å². The standard InChI is InChI=1S/C24H23FN4O3/c1-14-11-22-26-21(27-23(30)15-5-8-17(9-6-15)24(2,3)31)13-19(29(22)28-14)16-7-10-18(25)20(12-16)32-4/h5-13,31H,1-4H3,(H,26,27,30). The first-order chi connectivity index (χ1) is 15.2.